The summed E-state index contributed by atoms with van der Waals surface area (Å²) in [7, 11) is -3.47. The second-order valence-electron chi connectivity index (χ2n) is 9.88. The largest absolute Gasteiger partial charge is 0.477 e. The van der Waals surface area contributed by atoms with Crippen LogP contribution in [0.5, 0.6) is 5.88 Å². The van der Waals surface area contributed by atoms with Gasteiger partial charge in [-0.2, -0.15) is 5.10 Å². The predicted molar refractivity (Wildman–Crippen MR) is 134 cm³/mol. The van der Waals surface area contributed by atoms with Crippen molar-refractivity contribution in [2.75, 3.05) is 12.9 Å². The number of rotatable bonds is 9. The summed E-state index contributed by atoms with van der Waals surface area (Å²) in [5.41, 5.74) is 4.59. The van der Waals surface area contributed by atoms with E-state index in [1.54, 1.807) is 16.8 Å². The lowest BCUT2D eigenvalue weighted by atomic mass is 9.91. The maximum absolute atomic E-state index is 13.9. The minimum atomic E-state index is -3.47. The average molecular weight is 475 g/mol. The van der Waals surface area contributed by atoms with Crippen molar-refractivity contribution < 1.29 is 17.9 Å². The number of sulfone groups is 1. The van der Waals surface area contributed by atoms with Gasteiger partial charge in [0.25, 0.3) is 0 Å². The highest BCUT2D eigenvalue weighted by molar-refractivity contribution is 7.90. The maximum atomic E-state index is 13.9. The Labute approximate surface area is 199 Å². The number of ether oxygens (including phenoxy) is 1. The summed E-state index contributed by atoms with van der Waals surface area (Å²) in [6.45, 7) is 18.8. The van der Waals surface area contributed by atoms with Crippen LogP contribution in [-0.4, -0.2) is 36.8 Å². The Bertz CT molecular complexity index is 1180. The molecule has 0 N–H and O–H groups in total. The molecule has 0 atom stereocenters. The third-order valence-corrected chi connectivity index (χ3v) is 6.73. The number of nitrogens with zero attached hydrogens (tertiary/aromatic N) is 2. The fourth-order valence-corrected chi connectivity index (χ4v) is 4.77. The van der Waals surface area contributed by atoms with Gasteiger partial charge < -0.3 is 4.74 Å². The molecule has 1 aromatic carbocycles. The minimum Gasteiger partial charge on any atom is -0.477 e. The summed E-state index contributed by atoms with van der Waals surface area (Å²) in [5.74, 6) is 0.892. The lowest BCUT2D eigenvalue weighted by Gasteiger charge is -2.18. The van der Waals surface area contributed by atoms with Crippen molar-refractivity contribution in [3.8, 4) is 5.88 Å². The van der Waals surface area contributed by atoms with Crippen LogP contribution in [0.15, 0.2) is 22.6 Å². The molecule has 2 rings (SSSR count). The minimum absolute atomic E-state index is 0.207. The molecule has 0 unspecified atom stereocenters. The number of hydrogen-bond donors (Lipinski definition) is 0. The van der Waals surface area contributed by atoms with E-state index >= 15 is 0 Å². The van der Waals surface area contributed by atoms with Gasteiger partial charge in [0, 0.05) is 18.4 Å². The van der Waals surface area contributed by atoms with Crippen LogP contribution < -0.4 is 4.74 Å². The molecule has 0 aliphatic rings. The molecule has 0 bridgehead atoms. The summed E-state index contributed by atoms with van der Waals surface area (Å²) in [5, 5.41) is 4.61. The molecule has 0 aliphatic carbocycles. The Balaban J connectivity index is 2.77. The zero-order chi connectivity index (χ0) is 25.2. The molecule has 2 aromatic rings. The highest BCUT2D eigenvalue weighted by atomic mass is 32.2. The van der Waals surface area contributed by atoms with Gasteiger partial charge in [0.15, 0.2) is 9.84 Å². The maximum Gasteiger partial charge on any atom is 0.223 e. The first-order valence-corrected chi connectivity index (χ1v) is 13.3. The molecule has 0 saturated carbocycles. The van der Waals surface area contributed by atoms with Crippen LogP contribution in [0.3, 0.4) is 0 Å². The van der Waals surface area contributed by atoms with Crippen molar-refractivity contribution in [3.05, 3.63) is 45.7 Å². The number of carbonyl (C=O) groups excluding carboxylic acids is 1. The van der Waals surface area contributed by atoms with E-state index in [1.165, 1.54) is 6.26 Å². The Morgan fingerprint density at radius 1 is 1.03 bits per heavy atom. The van der Waals surface area contributed by atoms with Gasteiger partial charge in [-0.3, -0.25) is 4.79 Å². The molecule has 7 heteroatoms. The first kappa shape index (κ1) is 26.8. The van der Waals surface area contributed by atoms with Crippen molar-refractivity contribution in [3.63, 3.8) is 0 Å². The van der Waals surface area contributed by atoms with Gasteiger partial charge in [-0.05, 0) is 75.3 Å². The van der Waals surface area contributed by atoms with Crippen molar-refractivity contribution in [2.45, 2.75) is 73.8 Å². The highest BCUT2D eigenvalue weighted by Gasteiger charge is 2.28. The van der Waals surface area contributed by atoms with Crippen LogP contribution in [0.2, 0.25) is 0 Å². The molecule has 0 radical (unpaired) electrons. The number of benzene rings is 1. The number of carbonyl (C=O) groups is 1. The van der Waals surface area contributed by atoms with E-state index in [0.29, 0.717) is 58.8 Å². The topological polar surface area (TPSA) is 78.3 Å². The normalized spacial score (nSPS) is 11.9. The zero-order valence-electron chi connectivity index (χ0n) is 21.7. The first-order valence-electron chi connectivity index (χ1n) is 11.4. The van der Waals surface area contributed by atoms with Gasteiger partial charge in [-0.1, -0.05) is 33.3 Å². The number of ketones is 1. The van der Waals surface area contributed by atoms with Crippen LogP contribution in [0.25, 0.3) is 5.57 Å². The van der Waals surface area contributed by atoms with Gasteiger partial charge in [0.05, 0.1) is 17.2 Å². The lowest BCUT2D eigenvalue weighted by Crippen LogP contribution is -2.15. The highest BCUT2D eigenvalue weighted by Crippen LogP contribution is 2.34. The molecule has 0 saturated heterocycles. The van der Waals surface area contributed by atoms with Crippen molar-refractivity contribution in [2.24, 2.45) is 11.8 Å². The van der Waals surface area contributed by atoms with E-state index in [0.717, 1.165) is 11.1 Å². The van der Waals surface area contributed by atoms with Crippen molar-refractivity contribution in [1.29, 1.82) is 0 Å². The van der Waals surface area contributed by atoms with E-state index in [4.69, 9.17) is 4.74 Å². The molecule has 0 spiro atoms. The molecule has 1 heterocycles. The number of aryl methyl sites for hydroxylation is 1. The van der Waals surface area contributed by atoms with Gasteiger partial charge >= 0.3 is 0 Å². The monoisotopic (exact) mass is 474 g/mol. The van der Waals surface area contributed by atoms with Crippen LogP contribution in [0.1, 0.15) is 81.2 Å². The SMILES string of the molecule is CC(C)=C(C)c1c(S(C)(=O)=O)ccc(C(=O)c2c(C)nn(CC(C)C)c2OCC(C)C)c1C. The molecule has 0 fully saturated rings. The Hall–Kier alpha value is -2.41. The van der Waals surface area contributed by atoms with Crippen LogP contribution in [0, 0.1) is 25.7 Å². The summed E-state index contributed by atoms with van der Waals surface area (Å²) < 4.78 is 32.9. The molecule has 182 valence electrons. The van der Waals surface area contributed by atoms with Gasteiger partial charge in [0.2, 0.25) is 11.7 Å². The van der Waals surface area contributed by atoms with E-state index in [9.17, 15) is 13.2 Å². The molecule has 0 aliphatic heterocycles. The van der Waals surface area contributed by atoms with Gasteiger partial charge in [-0.25, -0.2) is 13.1 Å². The molecular weight excluding hydrogens is 436 g/mol. The quantitative estimate of drug-likeness (QED) is 0.440. The summed E-state index contributed by atoms with van der Waals surface area (Å²) >= 11 is 0. The van der Waals surface area contributed by atoms with Crippen LogP contribution in [0.4, 0.5) is 0 Å². The predicted octanol–water partition coefficient (Wildman–Crippen LogP) is 5.64. The average Bonchev–Trinajstić information content (AvgIpc) is 2.98. The number of allylic oxidation sites excluding steroid dienone is 2. The van der Waals surface area contributed by atoms with E-state index in [2.05, 4.69) is 32.8 Å². The second kappa shape index (κ2) is 10.2. The van der Waals surface area contributed by atoms with Crippen LogP contribution >= 0.6 is 0 Å². The molecular formula is C26H38N2O4S. The second-order valence-corrected chi connectivity index (χ2v) is 11.9. The molecule has 1 aromatic heterocycles. The molecule has 6 nitrogen and oxygen atoms in total. The number of hydrogen-bond acceptors (Lipinski definition) is 5. The lowest BCUT2D eigenvalue weighted by molar-refractivity contribution is 0.103. The Kier molecular flexibility index (Phi) is 8.33. The Morgan fingerprint density at radius 2 is 1.64 bits per heavy atom. The van der Waals surface area contributed by atoms with Gasteiger partial charge in [-0.15, -0.1) is 0 Å². The smallest absolute Gasteiger partial charge is 0.223 e. The third kappa shape index (κ3) is 5.94. The zero-order valence-corrected chi connectivity index (χ0v) is 22.5. The first-order chi connectivity index (χ1) is 15.2. The summed E-state index contributed by atoms with van der Waals surface area (Å²) in [4.78, 5) is 14.1. The van der Waals surface area contributed by atoms with E-state index < -0.39 is 9.84 Å². The summed E-state index contributed by atoms with van der Waals surface area (Å²) in [6, 6.07) is 3.15. The fourth-order valence-electron chi connectivity index (χ4n) is 3.78. The van der Waals surface area contributed by atoms with Crippen molar-refractivity contribution >= 4 is 21.2 Å². The number of aromatic nitrogens is 2. The van der Waals surface area contributed by atoms with Crippen molar-refractivity contribution in [1.82, 2.24) is 9.78 Å². The van der Waals surface area contributed by atoms with E-state index in [1.807, 2.05) is 34.6 Å². The van der Waals surface area contributed by atoms with Crippen LogP contribution in [-0.2, 0) is 16.4 Å². The fraction of sp³-hybridized carbons (Fsp3) is 0.538. The summed E-state index contributed by atoms with van der Waals surface area (Å²) in [6.07, 6.45) is 1.20. The molecule has 0 amide bonds. The third-order valence-electron chi connectivity index (χ3n) is 5.60. The molecule has 33 heavy (non-hydrogen) atoms. The standard InChI is InChI=1S/C26H38N2O4S/c1-15(2)13-28-26(32-14-16(3)4)24(20(9)27-28)25(29)21-11-12-22(33(10,30)31)23(19(21)8)18(7)17(5)6/h11-12,15-16H,13-14H2,1-10H3. The Morgan fingerprint density at radius 3 is 2.12 bits per heavy atom. The van der Waals surface area contributed by atoms with Gasteiger partial charge in [0.1, 0.15) is 5.56 Å². The van der Waals surface area contributed by atoms with E-state index in [-0.39, 0.29) is 10.7 Å².